The maximum atomic E-state index is 11.1. The lowest BCUT2D eigenvalue weighted by atomic mass is 10.3. The predicted molar refractivity (Wildman–Crippen MR) is 62.2 cm³/mol. The molecule has 0 aliphatic heterocycles. The smallest absolute Gasteiger partial charge is 0.247 e. The van der Waals surface area contributed by atoms with Crippen LogP contribution < -0.4 is 5.32 Å². The molecule has 0 saturated carbocycles. The van der Waals surface area contributed by atoms with Crippen LogP contribution in [-0.2, 0) is 11.2 Å². The molecule has 1 aromatic carbocycles. The zero-order valence-electron chi connectivity index (χ0n) is 8.99. The van der Waals surface area contributed by atoms with Crippen molar-refractivity contribution in [1.29, 1.82) is 0 Å². The molecule has 0 bridgehead atoms. The summed E-state index contributed by atoms with van der Waals surface area (Å²) in [5, 5.41) is 2.67. The first-order valence-corrected chi connectivity index (χ1v) is 5.06. The Balaban J connectivity index is 2.35. The van der Waals surface area contributed by atoms with Gasteiger partial charge in [-0.1, -0.05) is 13.5 Å². The van der Waals surface area contributed by atoms with E-state index in [1.807, 2.05) is 13.0 Å². The maximum absolute atomic E-state index is 11.1. The summed E-state index contributed by atoms with van der Waals surface area (Å²) in [6, 6.07) is 5.35. The lowest BCUT2D eigenvalue weighted by Gasteiger charge is -2.00. The van der Waals surface area contributed by atoms with Crippen LogP contribution in [0.15, 0.2) is 35.3 Å². The summed E-state index contributed by atoms with van der Waals surface area (Å²) in [5.41, 5.74) is 2.16. The number of benzene rings is 1. The van der Waals surface area contributed by atoms with Gasteiger partial charge in [0.2, 0.25) is 5.91 Å². The van der Waals surface area contributed by atoms with Crippen LogP contribution in [0, 0.1) is 0 Å². The van der Waals surface area contributed by atoms with Crippen molar-refractivity contribution in [2.75, 3.05) is 5.32 Å². The number of fused-ring (bicyclic) bond motifs is 1. The van der Waals surface area contributed by atoms with Crippen molar-refractivity contribution in [3.05, 3.63) is 36.7 Å². The molecule has 0 spiro atoms. The molecule has 82 valence electrons. The van der Waals surface area contributed by atoms with Gasteiger partial charge in [0.05, 0.1) is 0 Å². The molecule has 0 aliphatic rings. The fraction of sp³-hybridized carbons (Fsp3) is 0.167. The van der Waals surface area contributed by atoms with E-state index in [0.717, 1.165) is 11.9 Å². The Labute approximate surface area is 93.0 Å². The van der Waals surface area contributed by atoms with Gasteiger partial charge in [-0.3, -0.25) is 4.79 Å². The van der Waals surface area contributed by atoms with Gasteiger partial charge < -0.3 is 9.73 Å². The molecule has 16 heavy (non-hydrogen) atoms. The van der Waals surface area contributed by atoms with Gasteiger partial charge in [0.25, 0.3) is 0 Å². The van der Waals surface area contributed by atoms with Crippen molar-refractivity contribution < 1.29 is 9.21 Å². The van der Waals surface area contributed by atoms with E-state index >= 15 is 0 Å². The minimum absolute atomic E-state index is 0.241. The van der Waals surface area contributed by atoms with E-state index in [2.05, 4.69) is 16.9 Å². The van der Waals surface area contributed by atoms with E-state index in [-0.39, 0.29) is 5.91 Å². The van der Waals surface area contributed by atoms with Crippen molar-refractivity contribution in [2.45, 2.75) is 13.3 Å². The van der Waals surface area contributed by atoms with Crippen LogP contribution in [0.3, 0.4) is 0 Å². The molecule has 1 aromatic heterocycles. The summed E-state index contributed by atoms with van der Waals surface area (Å²) < 4.78 is 5.48. The Morgan fingerprint density at radius 2 is 2.44 bits per heavy atom. The predicted octanol–water partition coefficient (Wildman–Crippen LogP) is 2.51. The van der Waals surface area contributed by atoms with Crippen LogP contribution >= 0.6 is 0 Å². The number of amides is 1. The summed E-state index contributed by atoms with van der Waals surface area (Å²) in [7, 11) is 0. The summed E-state index contributed by atoms with van der Waals surface area (Å²) in [6.07, 6.45) is 1.98. The standard InChI is InChI=1S/C12H12N2O2/c1-3-11(15)13-8-5-6-9-10(7-8)16-12(4-2)14-9/h3,5-7H,1,4H2,2H3,(H,13,15). The van der Waals surface area contributed by atoms with Crippen LogP contribution in [0.2, 0.25) is 0 Å². The van der Waals surface area contributed by atoms with E-state index in [1.165, 1.54) is 6.08 Å². The Morgan fingerprint density at radius 1 is 1.62 bits per heavy atom. The van der Waals surface area contributed by atoms with Crippen LogP contribution in [0.5, 0.6) is 0 Å². The highest BCUT2D eigenvalue weighted by Gasteiger charge is 2.05. The molecule has 4 nitrogen and oxygen atoms in total. The van der Waals surface area contributed by atoms with Gasteiger partial charge in [-0.25, -0.2) is 4.98 Å². The number of aryl methyl sites for hydroxylation is 1. The molecule has 4 heteroatoms. The first-order chi connectivity index (χ1) is 7.72. The zero-order chi connectivity index (χ0) is 11.5. The van der Waals surface area contributed by atoms with Crippen molar-refractivity contribution in [3.63, 3.8) is 0 Å². The third-order valence-electron chi connectivity index (χ3n) is 2.19. The molecule has 0 fully saturated rings. The summed E-state index contributed by atoms with van der Waals surface area (Å²) in [6.45, 7) is 5.37. The van der Waals surface area contributed by atoms with Crippen LogP contribution in [0.1, 0.15) is 12.8 Å². The fourth-order valence-electron chi connectivity index (χ4n) is 1.39. The minimum atomic E-state index is -0.241. The van der Waals surface area contributed by atoms with Crippen molar-refractivity contribution in [1.82, 2.24) is 4.98 Å². The zero-order valence-corrected chi connectivity index (χ0v) is 8.99. The monoisotopic (exact) mass is 216 g/mol. The van der Waals surface area contributed by atoms with E-state index in [1.54, 1.807) is 12.1 Å². The third kappa shape index (κ3) is 1.95. The molecule has 1 heterocycles. The molecular formula is C12H12N2O2. The lowest BCUT2D eigenvalue weighted by molar-refractivity contribution is -0.111. The number of nitrogens with zero attached hydrogens (tertiary/aromatic N) is 1. The number of aromatic nitrogens is 1. The summed E-state index contributed by atoms with van der Waals surface area (Å²) >= 11 is 0. The number of anilines is 1. The number of rotatable bonds is 3. The number of hydrogen-bond acceptors (Lipinski definition) is 3. The largest absolute Gasteiger partial charge is 0.441 e. The molecule has 0 unspecified atom stereocenters. The molecular weight excluding hydrogens is 204 g/mol. The second kappa shape index (κ2) is 4.18. The van der Waals surface area contributed by atoms with Crippen molar-refractivity contribution >= 4 is 22.7 Å². The Hall–Kier alpha value is -2.10. The lowest BCUT2D eigenvalue weighted by Crippen LogP contribution is -2.06. The van der Waals surface area contributed by atoms with Crippen LogP contribution in [-0.4, -0.2) is 10.9 Å². The number of nitrogens with one attached hydrogen (secondary N) is 1. The van der Waals surface area contributed by atoms with E-state index < -0.39 is 0 Å². The van der Waals surface area contributed by atoms with Gasteiger partial charge in [-0.15, -0.1) is 0 Å². The molecule has 0 atom stereocenters. The molecule has 1 N–H and O–H groups in total. The highest BCUT2D eigenvalue weighted by atomic mass is 16.3. The Kier molecular flexibility index (Phi) is 2.72. The third-order valence-corrected chi connectivity index (χ3v) is 2.19. The van der Waals surface area contributed by atoms with Crippen molar-refractivity contribution in [2.24, 2.45) is 0 Å². The second-order valence-corrected chi connectivity index (χ2v) is 3.34. The van der Waals surface area contributed by atoms with Gasteiger partial charge in [-0.2, -0.15) is 0 Å². The highest BCUT2D eigenvalue weighted by Crippen LogP contribution is 2.20. The fourth-order valence-corrected chi connectivity index (χ4v) is 1.39. The Morgan fingerprint density at radius 3 is 3.12 bits per heavy atom. The number of oxazole rings is 1. The van der Waals surface area contributed by atoms with Gasteiger partial charge in [0.1, 0.15) is 5.52 Å². The molecule has 0 saturated heterocycles. The Bertz CT molecular complexity index is 543. The molecule has 0 radical (unpaired) electrons. The quantitative estimate of drug-likeness (QED) is 0.802. The van der Waals surface area contributed by atoms with Gasteiger partial charge in [-0.05, 0) is 18.2 Å². The summed E-state index contributed by atoms with van der Waals surface area (Å²) in [5.74, 6) is 0.455. The second-order valence-electron chi connectivity index (χ2n) is 3.34. The highest BCUT2D eigenvalue weighted by molar-refractivity contribution is 5.99. The average molecular weight is 216 g/mol. The normalized spacial score (nSPS) is 10.3. The molecule has 0 aliphatic carbocycles. The molecule has 2 rings (SSSR count). The van der Waals surface area contributed by atoms with Gasteiger partial charge in [0, 0.05) is 18.2 Å². The maximum Gasteiger partial charge on any atom is 0.247 e. The van der Waals surface area contributed by atoms with Gasteiger partial charge in [0.15, 0.2) is 11.5 Å². The topological polar surface area (TPSA) is 55.1 Å². The molecule has 2 aromatic rings. The first kappa shape index (κ1) is 10.4. The number of carbonyl (C=O) groups excluding carboxylic acids is 1. The SMILES string of the molecule is C=CC(=O)Nc1ccc2nc(CC)oc2c1. The van der Waals surface area contributed by atoms with Gasteiger partial charge >= 0.3 is 0 Å². The van der Waals surface area contributed by atoms with E-state index in [4.69, 9.17) is 4.42 Å². The molecule has 1 amide bonds. The average Bonchev–Trinajstić information content (AvgIpc) is 2.71. The van der Waals surface area contributed by atoms with E-state index in [0.29, 0.717) is 17.2 Å². The van der Waals surface area contributed by atoms with Crippen molar-refractivity contribution in [3.8, 4) is 0 Å². The number of carbonyl (C=O) groups is 1. The van der Waals surface area contributed by atoms with Crippen LogP contribution in [0.25, 0.3) is 11.1 Å². The first-order valence-electron chi connectivity index (χ1n) is 5.06. The van der Waals surface area contributed by atoms with Crippen LogP contribution in [0.4, 0.5) is 5.69 Å². The minimum Gasteiger partial charge on any atom is -0.441 e. The summed E-state index contributed by atoms with van der Waals surface area (Å²) in [4.78, 5) is 15.4. The number of hydrogen-bond donors (Lipinski definition) is 1. The van der Waals surface area contributed by atoms with E-state index in [9.17, 15) is 4.79 Å².